The zero-order valence-corrected chi connectivity index (χ0v) is 14.8. The summed E-state index contributed by atoms with van der Waals surface area (Å²) in [4.78, 5) is 10.9. The van der Waals surface area contributed by atoms with Crippen molar-refractivity contribution in [2.75, 3.05) is 52.7 Å². The highest BCUT2D eigenvalue weighted by Crippen LogP contribution is 2.13. The molecule has 1 aliphatic heterocycles. The van der Waals surface area contributed by atoms with E-state index < -0.39 is 0 Å². The molecule has 0 saturated carbocycles. The smallest absolute Gasteiger partial charge is 0.219 e. The molecule has 0 spiro atoms. The van der Waals surface area contributed by atoms with Gasteiger partial charge in [-0.25, -0.2) is 0 Å². The zero-order chi connectivity index (χ0) is 17.3. The van der Waals surface area contributed by atoms with Crippen LogP contribution in [0.4, 0.5) is 4.48 Å². The summed E-state index contributed by atoms with van der Waals surface area (Å²) in [5.41, 5.74) is 0. The van der Waals surface area contributed by atoms with Gasteiger partial charge in [0.15, 0.2) is 0 Å². The number of hydrogen-bond acceptors (Lipinski definition) is 5. The molecule has 1 heterocycles. The number of rotatable bonds is 11. The van der Waals surface area contributed by atoms with Gasteiger partial charge in [0.05, 0.1) is 39.1 Å². The third-order valence-electron chi connectivity index (χ3n) is 3.23. The third kappa shape index (κ3) is 13.4. The predicted octanol–water partition coefficient (Wildman–Crippen LogP) is 1.94. The monoisotopic (exact) mass is 336 g/mol. The highest BCUT2D eigenvalue weighted by atomic mass is 19.2. The second kappa shape index (κ2) is 16.1. The largest absolute Gasteiger partial charge is 0.377 e. The van der Waals surface area contributed by atoms with Gasteiger partial charge in [0, 0.05) is 26.1 Å². The Balaban J connectivity index is 0.00000232. The fraction of sp³-hybridized carbons (Fsp3) is 0.938. The maximum Gasteiger partial charge on any atom is 0.219 e. The van der Waals surface area contributed by atoms with Crippen LogP contribution in [-0.4, -0.2) is 69.8 Å². The minimum Gasteiger partial charge on any atom is -0.377 e. The first-order chi connectivity index (χ1) is 11.2. The van der Waals surface area contributed by atoms with Gasteiger partial charge in [0.2, 0.25) is 5.91 Å². The van der Waals surface area contributed by atoms with Gasteiger partial charge in [-0.2, -0.15) is 0 Å². The van der Waals surface area contributed by atoms with Crippen LogP contribution in [0, 0.1) is 0 Å². The summed E-state index contributed by atoms with van der Waals surface area (Å²) in [7, 11) is 0. The molecule has 1 saturated heterocycles. The summed E-state index contributed by atoms with van der Waals surface area (Å²) in [6.07, 6.45) is 2.12. The summed E-state index contributed by atoms with van der Waals surface area (Å²) in [5.74, 6) is 0.0330. The summed E-state index contributed by atoms with van der Waals surface area (Å²) in [6, 6.07) is 0. The molecule has 0 radical (unpaired) electrons. The van der Waals surface area contributed by atoms with Crippen molar-refractivity contribution in [1.82, 2.24) is 10.4 Å². The summed E-state index contributed by atoms with van der Waals surface area (Å²) < 4.78 is 29.0. The standard InChI is InChI=1S/C14H27FN2O4.C2H6/c1-2-14(18)16-5-8-19-9-10-20-11-12-21-13-3-6-17(15)7-4-13;1-2/h13H,2-12H2,1H3,(H,16,18);1-2H3. The van der Waals surface area contributed by atoms with Gasteiger partial charge in [0.25, 0.3) is 0 Å². The molecular formula is C16H33FN2O4. The first-order valence-electron chi connectivity index (χ1n) is 8.67. The number of carbonyl (C=O) groups excluding carboxylic acids is 1. The number of hydrogen-bond donors (Lipinski definition) is 1. The van der Waals surface area contributed by atoms with Crippen molar-refractivity contribution in [2.45, 2.75) is 46.1 Å². The van der Waals surface area contributed by atoms with Crippen molar-refractivity contribution in [3.63, 3.8) is 0 Å². The fourth-order valence-electron chi connectivity index (χ4n) is 1.97. The molecule has 7 heteroatoms. The SMILES string of the molecule is CC.CCC(=O)NCCOCCOCCOC1CCN(F)CC1. The van der Waals surface area contributed by atoms with Crippen LogP contribution < -0.4 is 5.32 Å². The van der Waals surface area contributed by atoms with Crippen molar-refractivity contribution in [1.29, 1.82) is 0 Å². The Bertz CT molecular complexity index is 275. The molecule has 0 aromatic heterocycles. The highest BCUT2D eigenvalue weighted by molar-refractivity contribution is 5.75. The predicted molar refractivity (Wildman–Crippen MR) is 87.9 cm³/mol. The van der Waals surface area contributed by atoms with Crippen LogP contribution in [0.3, 0.4) is 0 Å². The van der Waals surface area contributed by atoms with Gasteiger partial charge in [-0.3, -0.25) is 4.79 Å². The van der Waals surface area contributed by atoms with E-state index in [2.05, 4.69) is 5.32 Å². The number of halogens is 1. The van der Waals surface area contributed by atoms with E-state index in [9.17, 15) is 9.28 Å². The molecule has 0 atom stereocenters. The van der Waals surface area contributed by atoms with E-state index in [1.54, 1.807) is 0 Å². The highest BCUT2D eigenvalue weighted by Gasteiger charge is 2.18. The van der Waals surface area contributed by atoms with Crippen molar-refractivity contribution in [2.24, 2.45) is 0 Å². The van der Waals surface area contributed by atoms with Crippen LogP contribution in [0.1, 0.15) is 40.0 Å². The van der Waals surface area contributed by atoms with Crippen LogP contribution in [0.2, 0.25) is 0 Å². The quantitative estimate of drug-likeness (QED) is 0.461. The van der Waals surface area contributed by atoms with Gasteiger partial charge >= 0.3 is 0 Å². The van der Waals surface area contributed by atoms with E-state index in [1.807, 2.05) is 20.8 Å². The lowest BCUT2D eigenvalue weighted by atomic mass is 10.1. The second-order valence-corrected chi connectivity index (χ2v) is 4.91. The van der Waals surface area contributed by atoms with E-state index >= 15 is 0 Å². The Morgan fingerprint density at radius 2 is 1.65 bits per heavy atom. The topological polar surface area (TPSA) is 60.0 Å². The normalized spacial score (nSPS) is 15.8. The molecule has 23 heavy (non-hydrogen) atoms. The third-order valence-corrected chi connectivity index (χ3v) is 3.23. The number of nitrogens with zero attached hydrogens (tertiary/aromatic N) is 1. The van der Waals surface area contributed by atoms with Crippen molar-refractivity contribution >= 4 is 5.91 Å². The van der Waals surface area contributed by atoms with Gasteiger partial charge in [0.1, 0.15) is 0 Å². The number of ether oxygens (including phenoxy) is 3. The van der Waals surface area contributed by atoms with Crippen LogP contribution >= 0.6 is 0 Å². The molecule has 0 aliphatic carbocycles. The molecule has 1 amide bonds. The molecule has 0 unspecified atom stereocenters. The lowest BCUT2D eigenvalue weighted by Gasteiger charge is -2.25. The molecule has 0 aromatic carbocycles. The van der Waals surface area contributed by atoms with E-state index in [1.165, 1.54) is 0 Å². The Labute approximate surface area is 139 Å². The van der Waals surface area contributed by atoms with Crippen molar-refractivity contribution in [3.8, 4) is 0 Å². The lowest BCUT2D eigenvalue weighted by Crippen LogP contribution is -2.32. The number of carbonyl (C=O) groups is 1. The van der Waals surface area contributed by atoms with Crippen LogP contribution in [0.15, 0.2) is 0 Å². The van der Waals surface area contributed by atoms with Crippen LogP contribution in [0.25, 0.3) is 0 Å². The zero-order valence-electron chi connectivity index (χ0n) is 14.8. The van der Waals surface area contributed by atoms with E-state index in [0.29, 0.717) is 59.1 Å². The summed E-state index contributed by atoms with van der Waals surface area (Å²) in [5, 5.41) is 3.56. The number of nitrogens with one attached hydrogen (secondary N) is 1. The van der Waals surface area contributed by atoms with Crippen molar-refractivity contribution < 1.29 is 23.5 Å². The Hall–Kier alpha value is -0.760. The number of amides is 1. The Kier molecular flexibility index (Phi) is 15.6. The van der Waals surface area contributed by atoms with Gasteiger partial charge in [-0.15, -0.1) is 9.60 Å². The van der Waals surface area contributed by atoms with E-state index in [-0.39, 0.29) is 12.0 Å². The minimum atomic E-state index is 0.0330. The molecule has 6 nitrogen and oxygen atoms in total. The van der Waals surface area contributed by atoms with E-state index in [4.69, 9.17) is 14.2 Å². The molecule has 1 aliphatic rings. The van der Waals surface area contributed by atoms with Crippen LogP contribution in [0.5, 0.6) is 0 Å². The van der Waals surface area contributed by atoms with Gasteiger partial charge < -0.3 is 19.5 Å². The first kappa shape index (κ1) is 22.2. The lowest BCUT2D eigenvalue weighted by molar-refractivity contribution is -0.121. The summed E-state index contributed by atoms with van der Waals surface area (Å²) in [6.45, 7) is 9.80. The summed E-state index contributed by atoms with van der Waals surface area (Å²) >= 11 is 0. The average Bonchev–Trinajstić information content (AvgIpc) is 2.59. The molecule has 1 N–H and O–H groups in total. The van der Waals surface area contributed by atoms with Gasteiger partial charge in [-0.1, -0.05) is 20.8 Å². The maximum absolute atomic E-state index is 12.8. The Morgan fingerprint density at radius 3 is 2.26 bits per heavy atom. The molecule has 0 bridgehead atoms. The molecular weight excluding hydrogens is 303 g/mol. The van der Waals surface area contributed by atoms with Gasteiger partial charge in [-0.05, 0) is 12.8 Å². The molecule has 0 aromatic rings. The first-order valence-corrected chi connectivity index (χ1v) is 8.67. The minimum absolute atomic E-state index is 0.0330. The van der Waals surface area contributed by atoms with Crippen molar-refractivity contribution in [3.05, 3.63) is 0 Å². The maximum atomic E-state index is 12.8. The number of piperidine rings is 1. The Morgan fingerprint density at radius 1 is 1.09 bits per heavy atom. The molecule has 1 fully saturated rings. The van der Waals surface area contributed by atoms with Crippen LogP contribution in [-0.2, 0) is 19.0 Å². The van der Waals surface area contributed by atoms with E-state index in [0.717, 1.165) is 18.0 Å². The second-order valence-electron chi connectivity index (χ2n) is 4.91. The molecule has 1 rings (SSSR count). The fourth-order valence-corrected chi connectivity index (χ4v) is 1.97. The molecule has 138 valence electrons. The average molecular weight is 336 g/mol.